The normalized spacial score (nSPS) is 12.3. The van der Waals surface area contributed by atoms with Crippen LogP contribution >= 0.6 is 0 Å². The summed E-state index contributed by atoms with van der Waals surface area (Å²) >= 11 is 0. The lowest BCUT2D eigenvalue weighted by Gasteiger charge is -2.21. The van der Waals surface area contributed by atoms with Gasteiger partial charge in [-0.3, -0.25) is 0 Å². The highest BCUT2D eigenvalue weighted by atomic mass is 16.5. The summed E-state index contributed by atoms with van der Waals surface area (Å²) in [5, 5.41) is 3.08. The van der Waals surface area contributed by atoms with E-state index in [9.17, 15) is 9.59 Å². The molecule has 158 valence electrons. The molecular formula is C22H21N5O4. The quantitative estimate of drug-likeness (QED) is 0.601. The van der Waals surface area contributed by atoms with Crippen molar-refractivity contribution in [2.45, 2.75) is 6.42 Å². The van der Waals surface area contributed by atoms with Crippen LogP contribution in [0.3, 0.4) is 0 Å². The van der Waals surface area contributed by atoms with Gasteiger partial charge in [-0.2, -0.15) is 0 Å². The number of para-hydroxylation sites is 1. The number of hydrogen-bond acceptors (Lipinski definition) is 9. The minimum Gasteiger partial charge on any atom is -0.465 e. The van der Waals surface area contributed by atoms with Gasteiger partial charge in [0.05, 0.1) is 25.3 Å². The molecular weight excluding hydrogens is 398 g/mol. The number of esters is 2. The van der Waals surface area contributed by atoms with E-state index < -0.39 is 11.9 Å². The van der Waals surface area contributed by atoms with Crippen LogP contribution in [0.4, 0.5) is 28.7 Å². The van der Waals surface area contributed by atoms with Gasteiger partial charge in [-0.1, -0.05) is 18.2 Å². The number of hydrogen-bond donors (Lipinski definition) is 2. The molecule has 9 heteroatoms. The fourth-order valence-corrected chi connectivity index (χ4v) is 3.57. The first-order valence-electron chi connectivity index (χ1n) is 9.56. The summed E-state index contributed by atoms with van der Waals surface area (Å²) in [4.78, 5) is 34.7. The second-order valence-electron chi connectivity index (χ2n) is 6.90. The summed E-state index contributed by atoms with van der Waals surface area (Å²) in [6, 6.07) is 12.6. The fourth-order valence-electron chi connectivity index (χ4n) is 3.57. The molecule has 0 saturated heterocycles. The minimum absolute atomic E-state index is 0.189. The van der Waals surface area contributed by atoms with Crippen LogP contribution in [0, 0.1) is 0 Å². The first kappa shape index (κ1) is 20.1. The Morgan fingerprint density at radius 2 is 1.71 bits per heavy atom. The summed E-state index contributed by atoms with van der Waals surface area (Å²) in [5.74, 6) is -0.232. The number of nitrogen functional groups attached to an aromatic ring is 1. The third-order valence-corrected chi connectivity index (χ3v) is 5.04. The lowest BCUT2D eigenvalue weighted by Crippen LogP contribution is -2.18. The van der Waals surface area contributed by atoms with Crippen LogP contribution in [0.25, 0.3) is 0 Å². The molecule has 0 bridgehead atoms. The van der Waals surface area contributed by atoms with Gasteiger partial charge in [0.2, 0.25) is 0 Å². The molecule has 0 radical (unpaired) electrons. The van der Waals surface area contributed by atoms with Crippen molar-refractivity contribution in [1.29, 1.82) is 0 Å². The molecule has 0 spiro atoms. The molecule has 0 aliphatic carbocycles. The number of ether oxygens (including phenoxy) is 2. The molecule has 3 N–H and O–H groups in total. The van der Waals surface area contributed by atoms with Crippen molar-refractivity contribution < 1.29 is 19.1 Å². The third-order valence-electron chi connectivity index (χ3n) is 5.04. The number of nitrogens with one attached hydrogen (secondary N) is 1. The smallest absolute Gasteiger partial charge is 0.337 e. The number of rotatable bonds is 5. The SMILES string of the molecule is COC(=O)c1cc(Nc2ncnc(N3CCc4ccccc43)c2N)cc(C(=O)OC)c1. The largest absolute Gasteiger partial charge is 0.465 e. The summed E-state index contributed by atoms with van der Waals surface area (Å²) in [6.45, 7) is 0.754. The van der Waals surface area contributed by atoms with E-state index in [1.54, 1.807) is 12.1 Å². The molecule has 0 fully saturated rings. The average Bonchev–Trinajstić information content (AvgIpc) is 3.23. The Bertz CT molecular complexity index is 1130. The molecule has 3 aromatic rings. The summed E-state index contributed by atoms with van der Waals surface area (Å²) in [6.07, 6.45) is 2.31. The maximum Gasteiger partial charge on any atom is 0.337 e. The molecule has 2 heterocycles. The molecule has 9 nitrogen and oxygen atoms in total. The summed E-state index contributed by atoms with van der Waals surface area (Å²) < 4.78 is 9.56. The molecule has 2 aromatic carbocycles. The van der Waals surface area contributed by atoms with Gasteiger partial charge >= 0.3 is 11.9 Å². The van der Waals surface area contributed by atoms with Crippen molar-refractivity contribution in [2.75, 3.05) is 36.7 Å². The first-order valence-corrected chi connectivity index (χ1v) is 9.56. The summed E-state index contributed by atoms with van der Waals surface area (Å²) in [7, 11) is 2.53. The number of carbonyl (C=O) groups excluding carboxylic acids is 2. The maximum absolute atomic E-state index is 12.0. The van der Waals surface area contributed by atoms with Crippen molar-refractivity contribution in [1.82, 2.24) is 9.97 Å². The predicted molar refractivity (Wildman–Crippen MR) is 116 cm³/mol. The van der Waals surface area contributed by atoms with E-state index in [-0.39, 0.29) is 11.1 Å². The Morgan fingerprint density at radius 1 is 1.03 bits per heavy atom. The fraction of sp³-hybridized carbons (Fsp3) is 0.182. The van der Waals surface area contributed by atoms with E-state index in [4.69, 9.17) is 15.2 Å². The summed E-state index contributed by atoms with van der Waals surface area (Å²) in [5.41, 5.74) is 9.84. The number of anilines is 5. The number of nitrogens with zero attached hydrogens (tertiary/aromatic N) is 3. The van der Waals surface area contributed by atoms with Gasteiger partial charge in [0.15, 0.2) is 11.6 Å². The standard InChI is InChI=1S/C22H21N5O4/c1-30-21(28)14-9-15(22(29)31-2)11-16(10-14)26-19-18(23)20(25-12-24-19)27-8-7-13-5-3-4-6-17(13)27/h3-6,9-12H,7-8,23H2,1-2H3,(H,24,25,26). The van der Waals surface area contributed by atoms with Crippen molar-refractivity contribution in [3.05, 3.63) is 65.5 Å². The Balaban J connectivity index is 1.70. The number of fused-ring (bicyclic) bond motifs is 1. The highest BCUT2D eigenvalue weighted by Gasteiger charge is 2.24. The van der Waals surface area contributed by atoms with Crippen LogP contribution in [0.2, 0.25) is 0 Å². The van der Waals surface area contributed by atoms with Gasteiger partial charge in [-0.05, 0) is 36.2 Å². The highest BCUT2D eigenvalue weighted by molar-refractivity contribution is 5.97. The molecule has 1 aromatic heterocycles. The lowest BCUT2D eigenvalue weighted by atomic mass is 10.1. The second-order valence-corrected chi connectivity index (χ2v) is 6.90. The predicted octanol–water partition coefficient (Wildman–Crippen LogP) is 3.07. The molecule has 1 aliphatic rings. The molecule has 0 amide bonds. The van der Waals surface area contributed by atoms with Crippen molar-refractivity contribution in [3.8, 4) is 0 Å². The van der Waals surface area contributed by atoms with Crippen LogP contribution in [-0.4, -0.2) is 42.7 Å². The zero-order valence-corrected chi connectivity index (χ0v) is 17.1. The Morgan fingerprint density at radius 3 is 2.39 bits per heavy atom. The number of carbonyl (C=O) groups is 2. The second kappa shape index (κ2) is 8.31. The average molecular weight is 419 g/mol. The van der Waals surface area contributed by atoms with Gasteiger partial charge < -0.3 is 25.4 Å². The Kier molecular flexibility index (Phi) is 5.40. The number of aromatic nitrogens is 2. The Labute approximate surface area is 178 Å². The van der Waals surface area contributed by atoms with Gasteiger partial charge in [-0.25, -0.2) is 19.6 Å². The van der Waals surface area contributed by atoms with Gasteiger partial charge in [0, 0.05) is 17.9 Å². The van der Waals surface area contributed by atoms with Gasteiger partial charge in [-0.15, -0.1) is 0 Å². The number of methoxy groups -OCH3 is 2. The molecule has 0 unspecified atom stereocenters. The van der Waals surface area contributed by atoms with E-state index in [0.29, 0.717) is 23.0 Å². The maximum atomic E-state index is 12.0. The van der Waals surface area contributed by atoms with Crippen LogP contribution in [0.5, 0.6) is 0 Å². The molecule has 4 rings (SSSR count). The van der Waals surface area contributed by atoms with Crippen LogP contribution in [0.15, 0.2) is 48.8 Å². The van der Waals surface area contributed by atoms with Crippen LogP contribution in [-0.2, 0) is 15.9 Å². The lowest BCUT2D eigenvalue weighted by molar-refractivity contribution is 0.0599. The molecule has 31 heavy (non-hydrogen) atoms. The van der Waals surface area contributed by atoms with E-state index in [2.05, 4.69) is 21.4 Å². The molecule has 0 atom stereocenters. The van der Waals surface area contributed by atoms with Crippen molar-refractivity contribution in [3.63, 3.8) is 0 Å². The van der Waals surface area contributed by atoms with E-state index in [0.717, 1.165) is 18.7 Å². The Hall–Kier alpha value is -4.14. The van der Waals surface area contributed by atoms with Gasteiger partial charge in [0.25, 0.3) is 0 Å². The van der Waals surface area contributed by atoms with Crippen LogP contribution in [0.1, 0.15) is 26.3 Å². The molecule has 0 saturated carbocycles. The van der Waals surface area contributed by atoms with Crippen molar-refractivity contribution >= 4 is 40.6 Å². The third kappa shape index (κ3) is 3.85. The highest BCUT2D eigenvalue weighted by Crippen LogP contribution is 2.38. The first-order chi connectivity index (χ1) is 15.0. The minimum atomic E-state index is -0.584. The number of nitrogens with two attached hydrogens (primary N) is 1. The van der Waals surface area contributed by atoms with Crippen LogP contribution < -0.4 is 16.0 Å². The van der Waals surface area contributed by atoms with E-state index >= 15 is 0 Å². The zero-order valence-electron chi connectivity index (χ0n) is 17.1. The van der Waals surface area contributed by atoms with E-state index in [1.807, 2.05) is 23.1 Å². The monoisotopic (exact) mass is 419 g/mol. The number of benzene rings is 2. The zero-order chi connectivity index (χ0) is 22.0. The van der Waals surface area contributed by atoms with Gasteiger partial charge in [0.1, 0.15) is 12.0 Å². The topological polar surface area (TPSA) is 120 Å². The van der Waals surface area contributed by atoms with E-state index in [1.165, 1.54) is 32.2 Å². The van der Waals surface area contributed by atoms with Crippen molar-refractivity contribution in [2.24, 2.45) is 0 Å². The molecule has 1 aliphatic heterocycles.